The van der Waals surface area contributed by atoms with Gasteiger partial charge >= 0.3 is 51.4 Å². The first kappa shape index (κ1) is 41.9. The summed E-state index contributed by atoms with van der Waals surface area (Å²) in [5.41, 5.74) is 0. The van der Waals surface area contributed by atoms with Crippen LogP contribution in [0.2, 0.25) is 0 Å². The average molecular weight is 585 g/mol. The molecule has 0 heterocycles. The number of unbranched alkanes of at least 4 members (excludes halogenated alkanes) is 26. The quantitative estimate of drug-likeness (QED) is 0.0452. The Labute approximate surface area is 282 Å². The molecule has 0 aromatic heterocycles. The van der Waals surface area contributed by atoms with Crippen molar-refractivity contribution in [3.8, 4) is 0 Å². The topological polar surface area (TPSA) is 58.6 Å². The molecule has 0 N–H and O–H groups in total. The maximum absolute atomic E-state index is 11.9. The maximum Gasteiger partial charge on any atom is 1.00 e. The third-order valence-electron chi connectivity index (χ3n) is 7.49. The first-order chi connectivity index (χ1) is 18.1. The van der Waals surface area contributed by atoms with Crippen molar-refractivity contribution in [3.63, 3.8) is 0 Å². The molecule has 0 unspecified atom stereocenters. The SMILES string of the molecule is CCCCCCCCCCCCCCCCOP(=O)([O-])OCCCCCCCCCCCCCCCC.[K+]. The van der Waals surface area contributed by atoms with Crippen molar-refractivity contribution in [3.05, 3.63) is 0 Å². The fraction of sp³-hybridized carbons (Fsp3) is 1.00. The van der Waals surface area contributed by atoms with Crippen LogP contribution in [0.3, 0.4) is 0 Å². The van der Waals surface area contributed by atoms with Gasteiger partial charge in [-0.1, -0.05) is 181 Å². The molecule has 0 spiro atoms. The van der Waals surface area contributed by atoms with E-state index in [-0.39, 0.29) is 64.6 Å². The first-order valence-corrected chi connectivity index (χ1v) is 18.2. The average Bonchev–Trinajstić information content (AvgIpc) is 2.88. The molecule has 0 rings (SSSR count). The Bertz CT molecular complexity index is 440. The molecular formula is C32H66KO4P. The van der Waals surface area contributed by atoms with E-state index < -0.39 is 7.82 Å². The van der Waals surface area contributed by atoms with E-state index in [9.17, 15) is 9.46 Å². The number of phosphoric acid groups is 1. The molecule has 0 amide bonds. The Morgan fingerprint density at radius 2 is 0.579 bits per heavy atom. The van der Waals surface area contributed by atoms with Crippen LogP contribution in [-0.4, -0.2) is 13.2 Å². The minimum Gasteiger partial charge on any atom is -0.756 e. The molecule has 0 aliphatic heterocycles. The van der Waals surface area contributed by atoms with Gasteiger partial charge in [-0.15, -0.1) is 0 Å². The molecule has 0 aromatic rings. The van der Waals surface area contributed by atoms with Crippen LogP contribution in [0.15, 0.2) is 0 Å². The molecule has 0 fully saturated rings. The molecule has 0 aliphatic rings. The summed E-state index contributed by atoms with van der Waals surface area (Å²) in [6.45, 7) is 5.06. The fourth-order valence-corrected chi connectivity index (χ4v) is 5.76. The van der Waals surface area contributed by atoms with Crippen LogP contribution in [-0.2, 0) is 13.6 Å². The Hall–Kier alpha value is 1.75. The van der Waals surface area contributed by atoms with Crippen molar-refractivity contribution >= 4 is 7.82 Å². The van der Waals surface area contributed by atoms with Crippen LogP contribution >= 0.6 is 7.82 Å². The summed E-state index contributed by atoms with van der Waals surface area (Å²) in [5.74, 6) is 0. The summed E-state index contributed by atoms with van der Waals surface area (Å²) in [7, 11) is -4.12. The van der Waals surface area contributed by atoms with E-state index in [1.165, 1.54) is 154 Å². The third kappa shape index (κ3) is 35.8. The van der Waals surface area contributed by atoms with Crippen LogP contribution in [0.4, 0.5) is 0 Å². The van der Waals surface area contributed by atoms with Crippen molar-refractivity contribution < 1.29 is 69.9 Å². The number of hydrogen-bond acceptors (Lipinski definition) is 4. The second-order valence-corrected chi connectivity index (χ2v) is 12.7. The molecule has 0 aliphatic carbocycles. The monoisotopic (exact) mass is 584 g/mol. The van der Waals surface area contributed by atoms with Gasteiger partial charge in [-0.05, 0) is 12.8 Å². The standard InChI is InChI=1S/C32H67O4P.K/c1-3-5-7-9-11-13-15-17-19-21-23-25-27-29-31-35-37(33,34)36-32-30-28-26-24-22-20-18-16-14-12-10-8-6-4-2;/h3-32H2,1-2H3,(H,33,34);/q;+1/p-1. The Balaban J connectivity index is 0. The van der Waals surface area contributed by atoms with E-state index in [4.69, 9.17) is 9.05 Å². The molecule has 38 heavy (non-hydrogen) atoms. The van der Waals surface area contributed by atoms with E-state index in [2.05, 4.69) is 13.8 Å². The molecule has 4 nitrogen and oxygen atoms in total. The molecule has 0 radical (unpaired) electrons. The van der Waals surface area contributed by atoms with Gasteiger partial charge in [0.1, 0.15) is 0 Å². The molecular weight excluding hydrogens is 518 g/mol. The van der Waals surface area contributed by atoms with Gasteiger partial charge in [-0.25, -0.2) is 0 Å². The van der Waals surface area contributed by atoms with Crippen LogP contribution in [0, 0.1) is 0 Å². The molecule has 224 valence electrons. The van der Waals surface area contributed by atoms with Crippen LogP contribution in [0.25, 0.3) is 0 Å². The van der Waals surface area contributed by atoms with Gasteiger partial charge in [0.25, 0.3) is 7.82 Å². The van der Waals surface area contributed by atoms with Gasteiger partial charge in [0, 0.05) is 0 Å². The minimum atomic E-state index is -4.12. The number of hydrogen-bond donors (Lipinski definition) is 0. The zero-order valence-electron chi connectivity index (χ0n) is 26.3. The van der Waals surface area contributed by atoms with Gasteiger partial charge < -0.3 is 13.9 Å². The van der Waals surface area contributed by atoms with Gasteiger partial charge in [0.05, 0.1) is 13.2 Å². The summed E-state index contributed by atoms with van der Waals surface area (Å²) < 4.78 is 21.9. The summed E-state index contributed by atoms with van der Waals surface area (Å²) in [6.07, 6.45) is 36.0. The largest absolute Gasteiger partial charge is 1.00 e. The maximum atomic E-state index is 11.9. The second-order valence-electron chi connectivity index (χ2n) is 11.3. The van der Waals surface area contributed by atoms with Crippen molar-refractivity contribution in [2.45, 2.75) is 194 Å². The van der Waals surface area contributed by atoms with Crippen molar-refractivity contribution in [1.82, 2.24) is 0 Å². The zero-order chi connectivity index (χ0) is 27.1. The van der Waals surface area contributed by atoms with E-state index in [0.29, 0.717) is 0 Å². The predicted molar refractivity (Wildman–Crippen MR) is 160 cm³/mol. The van der Waals surface area contributed by atoms with Gasteiger partial charge in [-0.2, -0.15) is 0 Å². The fourth-order valence-electron chi connectivity index (χ4n) is 4.98. The predicted octanol–water partition coefficient (Wildman–Crippen LogP) is 8.45. The van der Waals surface area contributed by atoms with E-state index in [1.54, 1.807) is 0 Å². The number of rotatable bonds is 32. The van der Waals surface area contributed by atoms with E-state index >= 15 is 0 Å². The molecule has 0 saturated heterocycles. The Morgan fingerprint density at radius 3 is 0.789 bits per heavy atom. The van der Waals surface area contributed by atoms with Crippen molar-refractivity contribution in [1.29, 1.82) is 0 Å². The molecule has 0 atom stereocenters. The van der Waals surface area contributed by atoms with Crippen molar-refractivity contribution in [2.75, 3.05) is 13.2 Å². The first-order valence-electron chi connectivity index (χ1n) is 16.7. The third-order valence-corrected chi connectivity index (χ3v) is 8.49. The molecule has 0 saturated carbocycles. The summed E-state index contributed by atoms with van der Waals surface area (Å²) in [5, 5.41) is 0. The van der Waals surface area contributed by atoms with Crippen molar-refractivity contribution in [2.24, 2.45) is 0 Å². The number of phosphoric ester groups is 1. The normalized spacial score (nSPS) is 11.7. The van der Waals surface area contributed by atoms with Crippen LogP contribution in [0.5, 0.6) is 0 Å². The van der Waals surface area contributed by atoms with Crippen LogP contribution in [0.1, 0.15) is 194 Å². The summed E-state index contributed by atoms with van der Waals surface area (Å²) in [6, 6.07) is 0. The second kappa shape index (κ2) is 34.9. The molecule has 0 bridgehead atoms. The van der Waals surface area contributed by atoms with Crippen LogP contribution < -0.4 is 56.3 Å². The molecule has 6 heteroatoms. The van der Waals surface area contributed by atoms with E-state index in [0.717, 1.165) is 25.7 Å². The molecule has 0 aromatic carbocycles. The summed E-state index contributed by atoms with van der Waals surface area (Å²) >= 11 is 0. The van der Waals surface area contributed by atoms with Gasteiger partial charge in [0.15, 0.2) is 0 Å². The smallest absolute Gasteiger partial charge is 0.756 e. The summed E-state index contributed by atoms with van der Waals surface area (Å²) in [4.78, 5) is 11.9. The Morgan fingerprint density at radius 1 is 0.395 bits per heavy atom. The van der Waals surface area contributed by atoms with Gasteiger partial charge in [0.2, 0.25) is 0 Å². The minimum absolute atomic E-state index is 0. The van der Waals surface area contributed by atoms with Gasteiger partial charge in [-0.3, -0.25) is 4.57 Å². The zero-order valence-corrected chi connectivity index (χ0v) is 30.3. The van der Waals surface area contributed by atoms with E-state index in [1.807, 2.05) is 0 Å². The Kier molecular flexibility index (Phi) is 38.5.